The van der Waals surface area contributed by atoms with Crippen molar-refractivity contribution in [2.75, 3.05) is 6.73 Å². The lowest BCUT2D eigenvalue weighted by Gasteiger charge is -2.05. The summed E-state index contributed by atoms with van der Waals surface area (Å²) < 4.78 is 4.71. The van der Waals surface area contributed by atoms with Crippen molar-refractivity contribution in [2.45, 2.75) is 13.3 Å². The second kappa shape index (κ2) is 5.80. The quantitative estimate of drug-likeness (QED) is 0.598. The molecule has 80 valence electrons. The Bertz CT molecular complexity index is 335. The zero-order valence-electron chi connectivity index (χ0n) is 8.53. The van der Waals surface area contributed by atoms with Gasteiger partial charge in [0.25, 0.3) is 5.91 Å². The Kier molecular flexibility index (Phi) is 4.34. The molecule has 0 fully saturated rings. The largest absolute Gasteiger partial charge is 0.444 e. The first-order valence-corrected chi connectivity index (χ1v) is 4.73. The molecule has 4 nitrogen and oxygen atoms in total. The van der Waals surface area contributed by atoms with Crippen molar-refractivity contribution in [3.63, 3.8) is 0 Å². The minimum absolute atomic E-state index is 0.0829. The van der Waals surface area contributed by atoms with Crippen LogP contribution in [0, 0.1) is 0 Å². The Labute approximate surface area is 88.2 Å². The maximum Gasteiger partial charge on any atom is 0.307 e. The maximum absolute atomic E-state index is 11.4. The number of carbonyl (C=O) groups is 2. The van der Waals surface area contributed by atoms with Crippen LogP contribution >= 0.6 is 0 Å². The Morgan fingerprint density at radius 1 is 1.27 bits per heavy atom. The minimum atomic E-state index is -0.330. The molecule has 1 rings (SSSR count). The molecule has 1 amide bonds. The lowest BCUT2D eigenvalue weighted by molar-refractivity contribution is -0.143. The Morgan fingerprint density at radius 3 is 2.53 bits per heavy atom. The lowest BCUT2D eigenvalue weighted by atomic mass is 10.2. The van der Waals surface area contributed by atoms with Crippen LogP contribution < -0.4 is 5.32 Å². The smallest absolute Gasteiger partial charge is 0.307 e. The highest BCUT2D eigenvalue weighted by Crippen LogP contribution is 1.97. The molecular weight excluding hydrogens is 194 g/mol. The highest BCUT2D eigenvalue weighted by atomic mass is 16.5. The van der Waals surface area contributed by atoms with Gasteiger partial charge in [0, 0.05) is 12.0 Å². The average Bonchev–Trinajstić information content (AvgIpc) is 2.29. The van der Waals surface area contributed by atoms with E-state index in [9.17, 15) is 9.59 Å². The van der Waals surface area contributed by atoms with E-state index in [1.165, 1.54) is 0 Å². The zero-order chi connectivity index (χ0) is 11.1. The fourth-order valence-electron chi connectivity index (χ4n) is 0.976. The van der Waals surface area contributed by atoms with Crippen molar-refractivity contribution in [2.24, 2.45) is 0 Å². The molecule has 0 saturated carbocycles. The number of hydrogen-bond acceptors (Lipinski definition) is 3. The summed E-state index contributed by atoms with van der Waals surface area (Å²) in [6, 6.07) is 8.75. The molecule has 0 saturated heterocycles. The second-order valence-corrected chi connectivity index (χ2v) is 2.89. The molecule has 0 aliphatic rings. The van der Waals surface area contributed by atoms with Gasteiger partial charge in [-0.05, 0) is 12.1 Å². The molecule has 0 bridgehead atoms. The predicted molar refractivity (Wildman–Crippen MR) is 55.2 cm³/mol. The van der Waals surface area contributed by atoms with Crippen molar-refractivity contribution < 1.29 is 14.3 Å². The molecule has 0 aliphatic carbocycles. The number of ether oxygens (including phenoxy) is 1. The molecule has 15 heavy (non-hydrogen) atoms. The molecule has 0 heterocycles. The van der Waals surface area contributed by atoms with Crippen LogP contribution in [0.2, 0.25) is 0 Å². The summed E-state index contributed by atoms with van der Waals surface area (Å²) in [5, 5.41) is 2.48. The second-order valence-electron chi connectivity index (χ2n) is 2.89. The van der Waals surface area contributed by atoms with Crippen molar-refractivity contribution >= 4 is 11.9 Å². The summed E-state index contributed by atoms with van der Waals surface area (Å²) in [6.07, 6.45) is 0.307. The number of nitrogens with one attached hydrogen (secondary N) is 1. The lowest BCUT2D eigenvalue weighted by Crippen LogP contribution is -2.27. The SMILES string of the molecule is CCC(=O)OCNC(=O)c1ccccc1. The van der Waals surface area contributed by atoms with E-state index in [2.05, 4.69) is 5.32 Å². The van der Waals surface area contributed by atoms with E-state index < -0.39 is 0 Å². The molecule has 0 aromatic heterocycles. The summed E-state index contributed by atoms with van der Waals surface area (Å²) >= 11 is 0. The van der Waals surface area contributed by atoms with E-state index in [1.54, 1.807) is 31.2 Å². The average molecular weight is 207 g/mol. The normalized spacial score (nSPS) is 9.40. The van der Waals surface area contributed by atoms with E-state index in [0.29, 0.717) is 12.0 Å². The Hall–Kier alpha value is -1.84. The van der Waals surface area contributed by atoms with Gasteiger partial charge in [-0.15, -0.1) is 0 Å². The molecule has 1 N–H and O–H groups in total. The van der Waals surface area contributed by atoms with Crippen LogP contribution in [0.3, 0.4) is 0 Å². The van der Waals surface area contributed by atoms with Crippen LogP contribution in [0.15, 0.2) is 30.3 Å². The molecule has 1 aromatic carbocycles. The van der Waals surface area contributed by atoms with Crippen molar-refractivity contribution in [1.29, 1.82) is 0 Å². The molecule has 0 unspecified atom stereocenters. The van der Waals surface area contributed by atoms with Gasteiger partial charge in [-0.1, -0.05) is 25.1 Å². The highest BCUT2D eigenvalue weighted by molar-refractivity contribution is 5.94. The van der Waals surface area contributed by atoms with Gasteiger partial charge < -0.3 is 10.1 Å². The van der Waals surface area contributed by atoms with Crippen LogP contribution in [0.5, 0.6) is 0 Å². The third kappa shape index (κ3) is 3.81. The van der Waals surface area contributed by atoms with E-state index in [-0.39, 0.29) is 18.6 Å². The van der Waals surface area contributed by atoms with Gasteiger partial charge in [0.05, 0.1) is 0 Å². The summed E-state index contributed by atoms with van der Waals surface area (Å²) in [4.78, 5) is 22.2. The van der Waals surface area contributed by atoms with Gasteiger partial charge >= 0.3 is 5.97 Å². The Balaban J connectivity index is 2.34. The van der Waals surface area contributed by atoms with Crippen molar-refractivity contribution in [3.8, 4) is 0 Å². The molecule has 4 heteroatoms. The van der Waals surface area contributed by atoms with Crippen LogP contribution in [-0.2, 0) is 9.53 Å². The number of hydrogen-bond donors (Lipinski definition) is 1. The molecule has 0 radical (unpaired) electrons. The summed E-state index contributed by atoms with van der Waals surface area (Å²) in [5.41, 5.74) is 0.546. The van der Waals surface area contributed by atoms with Crippen molar-refractivity contribution in [3.05, 3.63) is 35.9 Å². The van der Waals surface area contributed by atoms with Gasteiger partial charge in [0.15, 0.2) is 6.73 Å². The van der Waals surface area contributed by atoms with Gasteiger partial charge in [0.2, 0.25) is 0 Å². The monoisotopic (exact) mass is 207 g/mol. The fourth-order valence-corrected chi connectivity index (χ4v) is 0.976. The van der Waals surface area contributed by atoms with Gasteiger partial charge in [-0.25, -0.2) is 0 Å². The summed E-state index contributed by atoms with van der Waals surface area (Å²) in [5.74, 6) is -0.581. The van der Waals surface area contributed by atoms with Crippen LogP contribution in [0.25, 0.3) is 0 Å². The number of carbonyl (C=O) groups excluding carboxylic acids is 2. The van der Waals surface area contributed by atoms with Gasteiger partial charge in [-0.2, -0.15) is 0 Å². The van der Waals surface area contributed by atoms with Crippen LogP contribution in [0.4, 0.5) is 0 Å². The molecule has 0 spiro atoms. The first-order valence-electron chi connectivity index (χ1n) is 4.73. The fraction of sp³-hybridized carbons (Fsp3) is 0.273. The first-order chi connectivity index (χ1) is 7.24. The highest BCUT2D eigenvalue weighted by Gasteiger charge is 2.04. The minimum Gasteiger partial charge on any atom is -0.444 e. The van der Waals surface area contributed by atoms with Gasteiger partial charge in [0.1, 0.15) is 0 Å². The molecular formula is C11H13NO3. The zero-order valence-corrected chi connectivity index (χ0v) is 8.53. The molecule has 0 aliphatic heterocycles. The van der Waals surface area contributed by atoms with E-state index in [1.807, 2.05) is 6.07 Å². The number of rotatable bonds is 4. The molecule has 0 atom stereocenters. The summed E-state index contributed by atoms with van der Waals surface area (Å²) in [7, 11) is 0. The van der Waals surface area contributed by atoms with Crippen LogP contribution in [-0.4, -0.2) is 18.6 Å². The van der Waals surface area contributed by atoms with E-state index in [0.717, 1.165) is 0 Å². The van der Waals surface area contributed by atoms with E-state index >= 15 is 0 Å². The number of benzene rings is 1. The van der Waals surface area contributed by atoms with Crippen molar-refractivity contribution in [1.82, 2.24) is 5.32 Å². The van der Waals surface area contributed by atoms with Gasteiger partial charge in [-0.3, -0.25) is 9.59 Å². The summed E-state index contributed by atoms with van der Waals surface area (Å²) in [6.45, 7) is 1.61. The van der Waals surface area contributed by atoms with Crippen LogP contribution in [0.1, 0.15) is 23.7 Å². The third-order valence-electron chi connectivity index (χ3n) is 1.79. The topological polar surface area (TPSA) is 55.4 Å². The first kappa shape index (κ1) is 11.2. The third-order valence-corrected chi connectivity index (χ3v) is 1.79. The molecule has 1 aromatic rings. The standard InChI is InChI=1S/C11H13NO3/c1-2-10(13)15-8-12-11(14)9-6-4-3-5-7-9/h3-7H,2,8H2,1H3,(H,12,14). The Morgan fingerprint density at radius 2 is 1.93 bits per heavy atom. The number of esters is 1. The number of amides is 1. The van der Waals surface area contributed by atoms with E-state index in [4.69, 9.17) is 4.74 Å². The predicted octanol–water partition coefficient (Wildman–Crippen LogP) is 1.33. The maximum atomic E-state index is 11.4.